The Morgan fingerprint density at radius 2 is 1.10 bits per heavy atom. The Morgan fingerprint density at radius 3 is 1.72 bits per heavy atom. The first-order valence-electron chi connectivity index (χ1n) is 22.2. The molecule has 3 aliphatic heterocycles. The van der Waals surface area contributed by atoms with Crippen LogP contribution in [-0.4, -0.2) is 6.71 Å². The van der Waals surface area contributed by atoms with E-state index >= 15 is 0 Å². The second kappa shape index (κ2) is 14.6. The summed E-state index contributed by atoms with van der Waals surface area (Å²) >= 11 is 0. The lowest BCUT2D eigenvalue weighted by molar-refractivity contribution is 0.428. The lowest BCUT2D eigenvalue weighted by Crippen LogP contribution is -2.57. The van der Waals surface area contributed by atoms with Crippen molar-refractivity contribution in [1.29, 1.82) is 0 Å². The topological polar surface area (TPSA) is 21.7 Å². The van der Waals surface area contributed by atoms with Crippen molar-refractivity contribution >= 4 is 40.2 Å². The number of para-hydroxylation sites is 4. The molecule has 10 rings (SSSR count). The van der Waals surface area contributed by atoms with Crippen LogP contribution in [0.25, 0.3) is 0 Å². The molecule has 0 bridgehead atoms. The summed E-state index contributed by atoms with van der Waals surface area (Å²) in [5.74, 6) is 4.92. The van der Waals surface area contributed by atoms with E-state index in [4.69, 9.17) is 9.47 Å². The molecule has 0 radical (unpaired) electrons. The van der Waals surface area contributed by atoms with E-state index in [9.17, 15) is 0 Å². The van der Waals surface area contributed by atoms with Gasteiger partial charge in [-0.05, 0) is 111 Å². The van der Waals surface area contributed by atoms with Gasteiger partial charge in [0.05, 0.1) is 16.8 Å². The highest BCUT2D eigenvalue weighted by Crippen LogP contribution is 2.63. The molecule has 4 heteroatoms. The van der Waals surface area contributed by atoms with E-state index in [1.165, 1.54) is 66.5 Å². The second-order valence-corrected chi connectivity index (χ2v) is 17.9. The Hall–Kier alpha value is -6.00. The van der Waals surface area contributed by atoms with E-state index < -0.39 is 5.41 Å². The van der Waals surface area contributed by atoms with E-state index in [2.05, 4.69) is 200 Å². The molecule has 3 aliphatic rings. The summed E-state index contributed by atoms with van der Waals surface area (Å²) in [5, 5.41) is 0. The van der Waals surface area contributed by atoms with Gasteiger partial charge in [-0.2, -0.15) is 0 Å². The molecule has 0 aromatic heterocycles. The van der Waals surface area contributed by atoms with E-state index in [-0.39, 0.29) is 6.71 Å². The zero-order valence-electron chi connectivity index (χ0n) is 36.3. The van der Waals surface area contributed by atoms with Crippen LogP contribution >= 0.6 is 0 Å². The summed E-state index contributed by atoms with van der Waals surface area (Å²) in [7, 11) is 0. The predicted molar refractivity (Wildman–Crippen MR) is 252 cm³/mol. The highest BCUT2D eigenvalue weighted by Gasteiger charge is 2.52. The van der Waals surface area contributed by atoms with Crippen molar-refractivity contribution in [2.75, 3.05) is 4.90 Å². The van der Waals surface area contributed by atoms with Crippen LogP contribution in [0.2, 0.25) is 0 Å². The van der Waals surface area contributed by atoms with Gasteiger partial charge < -0.3 is 14.4 Å². The quantitative estimate of drug-likeness (QED) is 0.150. The molecular formula is C56H54BNO2. The zero-order chi connectivity index (χ0) is 41.4. The molecule has 0 fully saturated rings. The zero-order valence-corrected chi connectivity index (χ0v) is 36.3. The maximum Gasteiger partial charge on any atom is 0.251 e. The van der Waals surface area contributed by atoms with Gasteiger partial charge in [-0.3, -0.25) is 0 Å². The van der Waals surface area contributed by atoms with E-state index in [0.717, 1.165) is 52.9 Å². The fraction of sp³-hybridized carbons (Fsp3) is 0.250. The highest BCUT2D eigenvalue weighted by atomic mass is 16.5. The van der Waals surface area contributed by atoms with Crippen molar-refractivity contribution in [3.05, 3.63) is 190 Å². The van der Waals surface area contributed by atoms with Crippen LogP contribution in [0.3, 0.4) is 0 Å². The first-order chi connectivity index (χ1) is 29.1. The summed E-state index contributed by atoms with van der Waals surface area (Å²) in [6, 6.07) is 52.2. The van der Waals surface area contributed by atoms with Crippen molar-refractivity contribution in [3.63, 3.8) is 0 Å². The third-order valence-electron chi connectivity index (χ3n) is 13.5. The first-order valence-corrected chi connectivity index (χ1v) is 22.2. The molecule has 0 aliphatic carbocycles. The molecule has 3 nitrogen and oxygen atoms in total. The predicted octanol–water partition coefficient (Wildman–Crippen LogP) is 13.1. The molecule has 0 unspecified atom stereocenters. The normalized spacial score (nSPS) is 14.2. The van der Waals surface area contributed by atoms with Gasteiger partial charge in [0, 0.05) is 22.9 Å². The summed E-state index contributed by atoms with van der Waals surface area (Å²) in [5.41, 5.74) is 18.4. The van der Waals surface area contributed by atoms with Gasteiger partial charge in [-0.25, -0.2) is 0 Å². The molecule has 0 atom stereocenters. The number of rotatable bonds is 7. The maximum atomic E-state index is 7.01. The van der Waals surface area contributed by atoms with Crippen LogP contribution in [-0.2, 0) is 18.3 Å². The summed E-state index contributed by atoms with van der Waals surface area (Å²) in [6.45, 7) is 18.6. The van der Waals surface area contributed by atoms with Crippen molar-refractivity contribution in [2.45, 2.75) is 91.4 Å². The molecule has 0 saturated heterocycles. The summed E-state index contributed by atoms with van der Waals surface area (Å²) < 4.78 is 13.9. The number of anilines is 3. The third kappa shape index (κ3) is 5.63. The molecule has 0 amide bonds. The highest BCUT2D eigenvalue weighted by molar-refractivity contribution is 6.97. The number of nitrogens with zero attached hydrogens (tertiary/aromatic N) is 1. The van der Waals surface area contributed by atoms with Gasteiger partial charge in [0.1, 0.15) is 23.0 Å². The minimum Gasteiger partial charge on any atom is -0.458 e. The standard InChI is InChI=1S/C56H54BNO2/c1-9-37-29-38(10-2)55-46(30-37)56(45-21-13-17-25-51(45)60-55)43-19-11-15-23-49(43)58(50-24-16-12-20-44(50)56)40-27-28-48-53(33-40)59-52-26-18-14-22-47(52)57(48)54-41(35(5)6)31-39(34(3)4)32-42(54)36(7)8/h11-36H,9-10H2,1-8H3. The Balaban J connectivity index is 1.22. The monoisotopic (exact) mass is 783 g/mol. The van der Waals surface area contributed by atoms with Crippen LogP contribution in [0.5, 0.6) is 23.0 Å². The molecule has 1 spiro atoms. The fourth-order valence-electron chi connectivity index (χ4n) is 10.6. The Labute approximate surface area is 357 Å². The Kier molecular flexibility index (Phi) is 9.32. The van der Waals surface area contributed by atoms with Crippen molar-refractivity contribution < 1.29 is 9.47 Å². The summed E-state index contributed by atoms with van der Waals surface area (Å²) in [6.07, 6.45) is 1.84. The van der Waals surface area contributed by atoms with Crippen molar-refractivity contribution in [3.8, 4) is 23.0 Å². The van der Waals surface area contributed by atoms with E-state index in [1.807, 2.05) is 0 Å². The number of hydrogen-bond donors (Lipinski definition) is 0. The van der Waals surface area contributed by atoms with Gasteiger partial charge in [-0.15, -0.1) is 0 Å². The van der Waals surface area contributed by atoms with Crippen LogP contribution in [0, 0.1) is 0 Å². The second-order valence-electron chi connectivity index (χ2n) is 17.9. The van der Waals surface area contributed by atoms with Gasteiger partial charge in [-0.1, -0.05) is 164 Å². The molecule has 0 N–H and O–H groups in total. The van der Waals surface area contributed by atoms with Gasteiger partial charge in [0.25, 0.3) is 6.71 Å². The van der Waals surface area contributed by atoms with Crippen LogP contribution in [0.4, 0.5) is 17.1 Å². The number of fused-ring (bicyclic) bond motifs is 10. The van der Waals surface area contributed by atoms with E-state index in [1.54, 1.807) is 0 Å². The lowest BCUT2D eigenvalue weighted by atomic mass is 9.34. The van der Waals surface area contributed by atoms with Gasteiger partial charge >= 0.3 is 0 Å². The molecule has 0 saturated carbocycles. The molecule has 7 aromatic carbocycles. The fourth-order valence-corrected chi connectivity index (χ4v) is 10.6. The van der Waals surface area contributed by atoms with Crippen LogP contribution < -0.4 is 30.8 Å². The van der Waals surface area contributed by atoms with Gasteiger partial charge in [0.2, 0.25) is 0 Å². The van der Waals surface area contributed by atoms with Crippen LogP contribution in [0.1, 0.15) is 123 Å². The number of benzene rings is 7. The third-order valence-corrected chi connectivity index (χ3v) is 13.5. The average Bonchev–Trinajstić information content (AvgIpc) is 3.27. The number of hydrogen-bond acceptors (Lipinski definition) is 3. The van der Waals surface area contributed by atoms with Crippen molar-refractivity contribution in [1.82, 2.24) is 0 Å². The SMILES string of the molecule is CCc1cc(CC)c2c(c1)C1(c3ccccc3O2)c2ccccc2N(c2ccc3c(c2)Oc2ccccc2B3c2c(C(C)C)cc(C(C)C)cc2C(C)C)c2ccccc21. The minimum atomic E-state index is -0.597. The largest absolute Gasteiger partial charge is 0.458 e. The minimum absolute atomic E-state index is 0.0370. The van der Waals surface area contributed by atoms with E-state index in [0.29, 0.717) is 17.8 Å². The molecule has 298 valence electrons. The number of ether oxygens (including phenoxy) is 2. The summed E-state index contributed by atoms with van der Waals surface area (Å²) in [4.78, 5) is 2.47. The van der Waals surface area contributed by atoms with Gasteiger partial charge in [0.15, 0.2) is 0 Å². The van der Waals surface area contributed by atoms with Crippen molar-refractivity contribution in [2.24, 2.45) is 0 Å². The van der Waals surface area contributed by atoms with Crippen LogP contribution in [0.15, 0.2) is 140 Å². The number of aryl methyl sites for hydroxylation is 2. The molecule has 60 heavy (non-hydrogen) atoms. The Bertz CT molecular complexity index is 2740. The Morgan fingerprint density at radius 1 is 0.517 bits per heavy atom. The average molecular weight is 784 g/mol. The lowest BCUT2D eigenvalue weighted by Gasteiger charge is -2.49. The molecular weight excluding hydrogens is 729 g/mol. The first kappa shape index (κ1) is 38.2. The molecule has 7 aromatic rings. The smallest absolute Gasteiger partial charge is 0.251 e. The molecule has 3 heterocycles. The maximum absolute atomic E-state index is 7.01.